The molecule has 1 N–H and O–H groups in total. The average molecular weight is 278 g/mol. The lowest BCUT2D eigenvalue weighted by molar-refractivity contribution is 0.466. The largest absolute Gasteiger partial charge is 0.333 e. The summed E-state index contributed by atoms with van der Waals surface area (Å²) < 4.78 is 77.7. The molecule has 0 bridgehead atoms. The highest BCUT2D eigenvalue weighted by atomic mass is 19.2. The Morgan fingerprint density at radius 2 is 1.32 bits per heavy atom. The standard InChI is InChI=1S/C11H4F6N2/c12-4-1-5(13)9(6(14)2-4)18-11-8(16)3-7(15)10(17)19-11/h1-3H,(H,18,19). The SMILES string of the molecule is Fc1cc(F)c(Nc2nc(F)c(F)cc2F)c(F)c1. The zero-order chi connectivity index (χ0) is 14.2. The maximum Gasteiger partial charge on any atom is 0.251 e. The van der Waals surface area contributed by atoms with Crippen molar-refractivity contribution in [3.63, 3.8) is 0 Å². The van der Waals surface area contributed by atoms with Crippen LogP contribution in [-0.4, -0.2) is 4.98 Å². The van der Waals surface area contributed by atoms with Crippen LogP contribution in [0.25, 0.3) is 0 Å². The summed E-state index contributed by atoms with van der Waals surface area (Å²) in [5.41, 5.74) is -0.932. The topological polar surface area (TPSA) is 24.9 Å². The van der Waals surface area contributed by atoms with Gasteiger partial charge in [-0.15, -0.1) is 0 Å². The van der Waals surface area contributed by atoms with Crippen LogP contribution in [0.15, 0.2) is 18.2 Å². The Morgan fingerprint density at radius 1 is 0.737 bits per heavy atom. The fourth-order valence-electron chi connectivity index (χ4n) is 1.31. The molecular formula is C11H4F6N2. The van der Waals surface area contributed by atoms with Crippen LogP contribution in [0.4, 0.5) is 37.8 Å². The molecule has 0 amide bonds. The van der Waals surface area contributed by atoms with Crippen LogP contribution >= 0.6 is 0 Å². The molecule has 8 heteroatoms. The van der Waals surface area contributed by atoms with E-state index in [-0.39, 0.29) is 6.07 Å². The fraction of sp³-hybridized carbons (Fsp3) is 0. The minimum Gasteiger partial charge on any atom is -0.333 e. The highest BCUT2D eigenvalue weighted by Crippen LogP contribution is 2.25. The first kappa shape index (κ1) is 13.2. The minimum atomic E-state index is -1.65. The molecule has 0 saturated heterocycles. The number of nitrogens with zero attached hydrogens (tertiary/aromatic N) is 1. The number of aromatic nitrogens is 1. The summed E-state index contributed by atoms with van der Waals surface area (Å²) in [6.07, 6.45) is 0. The van der Waals surface area contributed by atoms with E-state index in [2.05, 4.69) is 4.98 Å². The number of halogens is 6. The van der Waals surface area contributed by atoms with Gasteiger partial charge in [-0.25, -0.2) is 22.0 Å². The third-order valence-electron chi connectivity index (χ3n) is 2.14. The summed E-state index contributed by atoms with van der Waals surface area (Å²) >= 11 is 0. The molecule has 0 aliphatic heterocycles. The summed E-state index contributed by atoms with van der Waals surface area (Å²) in [7, 11) is 0. The highest BCUT2D eigenvalue weighted by molar-refractivity contribution is 5.58. The molecule has 100 valence electrons. The van der Waals surface area contributed by atoms with Crippen molar-refractivity contribution in [2.75, 3.05) is 5.32 Å². The predicted octanol–water partition coefficient (Wildman–Crippen LogP) is 3.66. The van der Waals surface area contributed by atoms with Gasteiger partial charge in [0, 0.05) is 18.2 Å². The summed E-state index contributed by atoms with van der Waals surface area (Å²) in [4.78, 5) is 2.82. The number of benzene rings is 1. The molecule has 1 aromatic carbocycles. The van der Waals surface area contributed by atoms with Gasteiger partial charge in [0.15, 0.2) is 29.1 Å². The molecule has 1 aromatic heterocycles. The van der Waals surface area contributed by atoms with E-state index in [9.17, 15) is 26.3 Å². The van der Waals surface area contributed by atoms with Gasteiger partial charge >= 0.3 is 0 Å². The first-order valence-corrected chi connectivity index (χ1v) is 4.81. The van der Waals surface area contributed by atoms with Crippen molar-refractivity contribution in [2.24, 2.45) is 0 Å². The van der Waals surface area contributed by atoms with Crippen LogP contribution in [0.3, 0.4) is 0 Å². The van der Waals surface area contributed by atoms with Crippen molar-refractivity contribution in [1.29, 1.82) is 0 Å². The lowest BCUT2D eigenvalue weighted by Gasteiger charge is -2.09. The third kappa shape index (κ3) is 2.61. The second-order valence-electron chi connectivity index (χ2n) is 3.46. The van der Waals surface area contributed by atoms with Crippen molar-refractivity contribution < 1.29 is 26.3 Å². The molecule has 2 rings (SSSR count). The van der Waals surface area contributed by atoms with Gasteiger partial charge in [-0.05, 0) is 0 Å². The van der Waals surface area contributed by atoms with E-state index in [4.69, 9.17) is 0 Å². The number of hydrogen-bond donors (Lipinski definition) is 1. The number of pyridine rings is 1. The quantitative estimate of drug-likeness (QED) is 0.670. The Kier molecular flexibility index (Phi) is 3.32. The molecule has 0 aliphatic rings. The third-order valence-corrected chi connectivity index (χ3v) is 2.14. The van der Waals surface area contributed by atoms with Gasteiger partial charge in [-0.3, -0.25) is 0 Å². The Morgan fingerprint density at radius 3 is 1.89 bits per heavy atom. The molecular weight excluding hydrogens is 274 g/mol. The number of nitrogens with one attached hydrogen (secondary N) is 1. The van der Waals surface area contributed by atoms with Crippen molar-refractivity contribution in [3.05, 3.63) is 53.2 Å². The maximum absolute atomic E-state index is 13.2. The zero-order valence-electron chi connectivity index (χ0n) is 8.95. The van der Waals surface area contributed by atoms with Gasteiger partial charge < -0.3 is 5.32 Å². The van der Waals surface area contributed by atoms with Gasteiger partial charge in [0.25, 0.3) is 5.95 Å². The fourth-order valence-corrected chi connectivity index (χ4v) is 1.31. The molecule has 0 saturated carbocycles. The lowest BCUT2D eigenvalue weighted by atomic mass is 10.2. The number of hydrogen-bond acceptors (Lipinski definition) is 2. The van der Waals surface area contributed by atoms with Crippen LogP contribution in [0, 0.1) is 35.0 Å². The Labute approximate surface area is 102 Å². The monoisotopic (exact) mass is 278 g/mol. The summed E-state index contributed by atoms with van der Waals surface area (Å²) in [5.74, 6) is -9.41. The average Bonchev–Trinajstić information content (AvgIpc) is 2.29. The lowest BCUT2D eigenvalue weighted by Crippen LogP contribution is -2.05. The van der Waals surface area contributed by atoms with Gasteiger partial charge in [0.05, 0.1) is 0 Å². The van der Waals surface area contributed by atoms with Gasteiger partial charge in [-0.1, -0.05) is 0 Å². The normalized spacial score (nSPS) is 10.6. The first-order valence-electron chi connectivity index (χ1n) is 4.81. The highest BCUT2D eigenvalue weighted by Gasteiger charge is 2.16. The van der Waals surface area contributed by atoms with E-state index in [1.54, 1.807) is 5.32 Å². The van der Waals surface area contributed by atoms with E-state index in [0.717, 1.165) is 0 Å². The van der Waals surface area contributed by atoms with Crippen LogP contribution in [0.2, 0.25) is 0 Å². The molecule has 0 spiro atoms. The summed E-state index contributed by atoms with van der Waals surface area (Å²) in [5, 5.41) is 1.79. The van der Waals surface area contributed by atoms with E-state index in [0.29, 0.717) is 12.1 Å². The molecule has 2 aromatic rings. The summed E-state index contributed by atoms with van der Waals surface area (Å²) in [6.45, 7) is 0. The van der Waals surface area contributed by atoms with E-state index in [1.165, 1.54) is 0 Å². The molecule has 0 fully saturated rings. The van der Waals surface area contributed by atoms with Crippen LogP contribution < -0.4 is 5.32 Å². The minimum absolute atomic E-state index is 0.157. The molecule has 0 atom stereocenters. The van der Waals surface area contributed by atoms with E-state index < -0.39 is 46.5 Å². The predicted molar refractivity (Wildman–Crippen MR) is 53.7 cm³/mol. The first-order chi connectivity index (χ1) is 8.88. The molecule has 0 radical (unpaired) electrons. The van der Waals surface area contributed by atoms with Gasteiger partial charge in [0.2, 0.25) is 0 Å². The number of rotatable bonds is 2. The smallest absolute Gasteiger partial charge is 0.251 e. The molecule has 0 aliphatic carbocycles. The van der Waals surface area contributed by atoms with Crippen LogP contribution in [0.5, 0.6) is 0 Å². The molecule has 19 heavy (non-hydrogen) atoms. The Balaban J connectivity index is 2.45. The Hall–Kier alpha value is -2.25. The van der Waals surface area contributed by atoms with Gasteiger partial charge in [-0.2, -0.15) is 9.37 Å². The van der Waals surface area contributed by atoms with Crippen molar-refractivity contribution >= 4 is 11.5 Å². The van der Waals surface area contributed by atoms with Crippen molar-refractivity contribution in [3.8, 4) is 0 Å². The maximum atomic E-state index is 13.2. The van der Waals surface area contributed by atoms with Crippen LogP contribution in [-0.2, 0) is 0 Å². The van der Waals surface area contributed by atoms with Gasteiger partial charge in [0.1, 0.15) is 11.5 Å². The second-order valence-corrected chi connectivity index (χ2v) is 3.46. The van der Waals surface area contributed by atoms with E-state index >= 15 is 0 Å². The number of anilines is 2. The van der Waals surface area contributed by atoms with Crippen molar-refractivity contribution in [2.45, 2.75) is 0 Å². The van der Waals surface area contributed by atoms with Crippen molar-refractivity contribution in [1.82, 2.24) is 4.98 Å². The Bertz CT molecular complexity index is 620. The second kappa shape index (κ2) is 4.79. The van der Waals surface area contributed by atoms with Crippen LogP contribution in [0.1, 0.15) is 0 Å². The summed E-state index contributed by atoms with van der Waals surface area (Å²) in [6, 6.07) is 0.830. The zero-order valence-corrected chi connectivity index (χ0v) is 8.95. The van der Waals surface area contributed by atoms with E-state index in [1.807, 2.05) is 0 Å². The molecule has 0 unspecified atom stereocenters. The molecule has 2 nitrogen and oxygen atoms in total. The molecule has 1 heterocycles.